The van der Waals surface area contributed by atoms with Gasteiger partial charge < -0.3 is 0 Å². The van der Waals surface area contributed by atoms with Crippen molar-refractivity contribution in [2.24, 2.45) is 0 Å². The monoisotopic (exact) mass is 186 g/mol. The lowest BCUT2D eigenvalue weighted by atomic mass is 10.1. The van der Waals surface area contributed by atoms with E-state index in [-0.39, 0.29) is 12.2 Å². The fraction of sp³-hybridized carbons (Fsp3) is 0.200. The van der Waals surface area contributed by atoms with Crippen molar-refractivity contribution in [1.82, 2.24) is 0 Å². The highest BCUT2D eigenvalue weighted by molar-refractivity contribution is 5.17. The maximum Gasteiger partial charge on any atom is 0.266 e. The SMILES string of the molecule is FC(F)=CCCc1ccccc1F. The minimum absolute atomic E-state index is 0.170. The van der Waals surface area contributed by atoms with Crippen molar-refractivity contribution in [2.75, 3.05) is 0 Å². The number of hydrogen-bond donors (Lipinski definition) is 0. The second-order valence-electron chi connectivity index (χ2n) is 2.62. The van der Waals surface area contributed by atoms with Crippen LogP contribution in [0.25, 0.3) is 0 Å². The van der Waals surface area contributed by atoms with E-state index in [9.17, 15) is 13.2 Å². The van der Waals surface area contributed by atoms with Gasteiger partial charge in [0.25, 0.3) is 6.08 Å². The van der Waals surface area contributed by atoms with Gasteiger partial charge >= 0.3 is 0 Å². The van der Waals surface area contributed by atoms with Gasteiger partial charge in [-0.05, 0) is 30.5 Å². The summed E-state index contributed by atoms with van der Waals surface area (Å²) in [6.07, 6.45) is -0.434. The van der Waals surface area contributed by atoms with E-state index in [1.165, 1.54) is 6.07 Å². The summed E-state index contributed by atoms with van der Waals surface area (Å²) in [6.45, 7) is 0. The van der Waals surface area contributed by atoms with Crippen molar-refractivity contribution in [2.45, 2.75) is 12.8 Å². The second-order valence-corrected chi connectivity index (χ2v) is 2.62. The maximum absolute atomic E-state index is 12.9. The van der Waals surface area contributed by atoms with Crippen molar-refractivity contribution in [3.8, 4) is 0 Å². The number of benzene rings is 1. The van der Waals surface area contributed by atoms with Crippen LogP contribution in [0.3, 0.4) is 0 Å². The van der Waals surface area contributed by atoms with Gasteiger partial charge in [0, 0.05) is 0 Å². The Kier molecular flexibility index (Phi) is 3.55. The molecule has 0 aliphatic rings. The van der Waals surface area contributed by atoms with Gasteiger partial charge in [-0.1, -0.05) is 18.2 Å². The molecular formula is C10H9F3. The van der Waals surface area contributed by atoms with Crippen LogP contribution >= 0.6 is 0 Å². The molecule has 0 bridgehead atoms. The molecule has 70 valence electrons. The topological polar surface area (TPSA) is 0 Å². The van der Waals surface area contributed by atoms with E-state index in [1.807, 2.05) is 0 Å². The van der Waals surface area contributed by atoms with Crippen LogP contribution in [0.15, 0.2) is 36.4 Å². The summed E-state index contributed by atoms with van der Waals surface area (Å²) >= 11 is 0. The molecule has 0 unspecified atom stereocenters. The van der Waals surface area contributed by atoms with E-state index in [1.54, 1.807) is 18.2 Å². The molecule has 1 aromatic carbocycles. The van der Waals surface area contributed by atoms with E-state index in [0.29, 0.717) is 12.0 Å². The molecule has 0 nitrogen and oxygen atoms in total. The third-order valence-corrected chi connectivity index (χ3v) is 1.67. The van der Waals surface area contributed by atoms with E-state index in [0.717, 1.165) is 6.08 Å². The normalized spacial score (nSPS) is 9.77. The van der Waals surface area contributed by atoms with Gasteiger partial charge in [0.15, 0.2) is 0 Å². The molecule has 0 fully saturated rings. The summed E-state index contributed by atoms with van der Waals surface area (Å²) in [7, 11) is 0. The average molecular weight is 186 g/mol. The molecule has 13 heavy (non-hydrogen) atoms. The summed E-state index contributed by atoms with van der Waals surface area (Å²) in [5.41, 5.74) is 0.472. The maximum atomic E-state index is 12.9. The van der Waals surface area contributed by atoms with Crippen LogP contribution < -0.4 is 0 Å². The van der Waals surface area contributed by atoms with Crippen molar-refractivity contribution in [3.05, 3.63) is 47.8 Å². The number of rotatable bonds is 3. The number of aryl methyl sites for hydroxylation is 1. The predicted octanol–water partition coefficient (Wildman–Crippen LogP) is 3.54. The van der Waals surface area contributed by atoms with E-state index < -0.39 is 6.08 Å². The first kappa shape index (κ1) is 9.84. The van der Waals surface area contributed by atoms with Gasteiger partial charge in [0.2, 0.25) is 0 Å². The van der Waals surface area contributed by atoms with E-state index >= 15 is 0 Å². The van der Waals surface area contributed by atoms with Gasteiger partial charge in [0.05, 0.1) is 0 Å². The lowest BCUT2D eigenvalue weighted by molar-refractivity contribution is 0.417. The Bertz CT molecular complexity index is 301. The smallest absolute Gasteiger partial charge is 0.207 e. The minimum atomic E-state index is -1.71. The lowest BCUT2D eigenvalue weighted by Gasteiger charge is -1.98. The Hall–Kier alpha value is -1.25. The molecule has 0 saturated heterocycles. The molecule has 0 atom stereocenters. The van der Waals surface area contributed by atoms with Crippen LogP contribution in [0.4, 0.5) is 13.2 Å². The molecule has 0 spiro atoms. The second kappa shape index (κ2) is 4.70. The van der Waals surface area contributed by atoms with Crippen LogP contribution in [0.5, 0.6) is 0 Å². The molecule has 0 saturated carbocycles. The highest BCUT2D eigenvalue weighted by Gasteiger charge is 1.98. The summed E-state index contributed by atoms with van der Waals surface area (Å²) < 4.78 is 36.1. The van der Waals surface area contributed by atoms with Gasteiger partial charge in [-0.15, -0.1) is 0 Å². The van der Waals surface area contributed by atoms with Gasteiger partial charge in [-0.25, -0.2) is 4.39 Å². The van der Waals surface area contributed by atoms with Crippen molar-refractivity contribution < 1.29 is 13.2 Å². The minimum Gasteiger partial charge on any atom is -0.207 e. The number of allylic oxidation sites excluding steroid dienone is 1. The van der Waals surface area contributed by atoms with Crippen LogP contribution in [-0.2, 0) is 6.42 Å². The van der Waals surface area contributed by atoms with Crippen molar-refractivity contribution >= 4 is 0 Å². The first-order valence-corrected chi connectivity index (χ1v) is 3.94. The summed E-state index contributed by atoms with van der Waals surface area (Å²) in [5, 5.41) is 0. The van der Waals surface area contributed by atoms with E-state index in [4.69, 9.17) is 0 Å². The van der Waals surface area contributed by atoms with Gasteiger partial charge in [-0.3, -0.25) is 0 Å². The van der Waals surface area contributed by atoms with E-state index in [2.05, 4.69) is 0 Å². The fourth-order valence-electron chi connectivity index (χ4n) is 1.04. The Morgan fingerprint density at radius 2 is 1.92 bits per heavy atom. The molecule has 0 aromatic heterocycles. The highest BCUT2D eigenvalue weighted by atomic mass is 19.3. The third-order valence-electron chi connectivity index (χ3n) is 1.67. The standard InChI is InChI=1S/C10H9F3/c11-9-6-2-1-4-8(9)5-3-7-10(12)13/h1-2,4,6-7H,3,5H2. The quantitative estimate of drug-likeness (QED) is 0.677. The Labute approximate surface area is 74.7 Å². The molecule has 0 aliphatic heterocycles. The van der Waals surface area contributed by atoms with Crippen molar-refractivity contribution in [3.63, 3.8) is 0 Å². The zero-order valence-electron chi connectivity index (χ0n) is 6.93. The average Bonchev–Trinajstić information content (AvgIpc) is 2.08. The largest absolute Gasteiger partial charge is 0.266 e. The third kappa shape index (κ3) is 3.32. The first-order chi connectivity index (χ1) is 6.20. The number of hydrogen-bond acceptors (Lipinski definition) is 0. The Balaban J connectivity index is 2.55. The zero-order chi connectivity index (χ0) is 9.68. The van der Waals surface area contributed by atoms with Crippen LogP contribution in [0, 0.1) is 5.82 Å². The zero-order valence-corrected chi connectivity index (χ0v) is 6.93. The molecule has 1 rings (SSSR count). The molecule has 0 amide bonds. The molecule has 0 N–H and O–H groups in total. The molecule has 3 heteroatoms. The van der Waals surface area contributed by atoms with Crippen LogP contribution in [0.2, 0.25) is 0 Å². The Morgan fingerprint density at radius 3 is 2.54 bits per heavy atom. The first-order valence-electron chi connectivity index (χ1n) is 3.94. The highest BCUT2D eigenvalue weighted by Crippen LogP contribution is 2.10. The predicted molar refractivity (Wildman–Crippen MR) is 45.0 cm³/mol. The summed E-state index contributed by atoms with van der Waals surface area (Å²) in [6, 6.07) is 6.18. The van der Waals surface area contributed by atoms with Gasteiger partial charge in [-0.2, -0.15) is 8.78 Å². The fourth-order valence-corrected chi connectivity index (χ4v) is 1.04. The molecule has 1 aromatic rings. The van der Waals surface area contributed by atoms with Crippen LogP contribution in [0.1, 0.15) is 12.0 Å². The van der Waals surface area contributed by atoms with Crippen molar-refractivity contribution in [1.29, 1.82) is 0 Å². The molecule has 0 aliphatic carbocycles. The molecular weight excluding hydrogens is 177 g/mol. The number of halogens is 3. The Morgan fingerprint density at radius 1 is 1.23 bits per heavy atom. The van der Waals surface area contributed by atoms with Crippen LogP contribution in [-0.4, -0.2) is 0 Å². The molecule has 0 radical (unpaired) electrons. The summed E-state index contributed by atoms with van der Waals surface area (Å²) in [5.74, 6) is -0.338. The van der Waals surface area contributed by atoms with Gasteiger partial charge in [0.1, 0.15) is 5.82 Å². The summed E-state index contributed by atoms with van der Waals surface area (Å²) in [4.78, 5) is 0. The molecule has 0 heterocycles. The lowest BCUT2D eigenvalue weighted by Crippen LogP contribution is -1.88.